The standard InChI is InChI=1S/C21H34O4/c1-5-6-12-19(23)16(3)20(24)17(4)21(15(2)13-22)25-14-18-10-8-7-9-11-18/h5,7-11,15-17,19-24H,1,6,12-14H2,2-4H3/t15-,16-,17+,19+,20-,21-/m1/s1. The number of allylic oxidation sites excluding steroid dienone is 1. The van der Waals surface area contributed by atoms with Gasteiger partial charge < -0.3 is 20.1 Å². The molecule has 0 saturated carbocycles. The summed E-state index contributed by atoms with van der Waals surface area (Å²) >= 11 is 0. The van der Waals surface area contributed by atoms with Crippen molar-refractivity contribution in [3.05, 3.63) is 48.6 Å². The zero-order chi connectivity index (χ0) is 18.8. The average molecular weight is 350 g/mol. The van der Waals surface area contributed by atoms with E-state index >= 15 is 0 Å². The molecular weight excluding hydrogens is 316 g/mol. The molecule has 4 nitrogen and oxygen atoms in total. The fourth-order valence-corrected chi connectivity index (χ4v) is 3.16. The van der Waals surface area contributed by atoms with E-state index in [-0.39, 0.29) is 30.5 Å². The highest BCUT2D eigenvalue weighted by atomic mass is 16.5. The third-order valence-electron chi connectivity index (χ3n) is 5.00. The van der Waals surface area contributed by atoms with Crippen LogP contribution in [0.4, 0.5) is 0 Å². The van der Waals surface area contributed by atoms with E-state index < -0.39 is 12.2 Å². The zero-order valence-corrected chi connectivity index (χ0v) is 15.7. The molecule has 0 spiro atoms. The minimum absolute atomic E-state index is 0.0100. The molecule has 0 amide bonds. The lowest BCUT2D eigenvalue weighted by Gasteiger charge is -2.35. The SMILES string of the molecule is C=CCC[C@H](O)[C@@H](C)[C@@H](O)[C@H](C)[C@H](OCc1ccccc1)[C@H](C)CO. The molecule has 0 saturated heterocycles. The van der Waals surface area contributed by atoms with E-state index in [1.54, 1.807) is 6.08 Å². The lowest BCUT2D eigenvalue weighted by molar-refractivity contribution is -0.0984. The van der Waals surface area contributed by atoms with Crippen molar-refractivity contribution in [3.63, 3.8) is 0 Å². The van der Waals surface area contributed by atoms with E-state index in [4.69, 9.17) is 4.74 Å². The van der Waals surface area contributed by atoms with Crippen LogP contribution in [0.2, 0.25) is 0 Å². The molecule has 0 bridgehead atoms. The summed E-state index contributed by atoms with van der Waals surface area (Å²) in [6.07, 6.45) is 1.47. The first-order valence-electron chi connectivity index (χ1n) is 9.15. The highest BCUT2D eigenvalue weighted by Gasteiger charge is 2.34. The van der Waals surface area contributed by atoms with E-state index in [9.17, 15) is 15.3 Å². The Labute approximate surface area is 152 Å². The van der Waals surface area contributed by atoms with Gasteiger partial charge in [0.15, 0.2) is 0 Å². The van der Waals surface area contributed by atoms with Gasteiger partial charge in [-0.1, -0.05) is 57.2 Å². The van der Waals surface area contributed by atoms with Crippen LogP contribution in [0.25, 0.3) is 0 Å². The van der Waals surface area contributed by atoms with Gasteiger partial charge in [0.05, 0.1) is 24.9 Å². The van der Waals surface area contributed by atoms with Gasteiger partial charge in [0.25, 0.3) is 0 Å². The van der Waals surface area contributed by atoms with E-state index in [1.807, 2.05) is 51.1 Å². The second kappa shape index (κ2) is 11.4. The van der Waals surface area contributed by atoms with Crippen LogP contribution < -0.4 is 0 Å². The van der Waals surface area contributed by atoms with Crippen molar-refractivity contribution >= 4 is 0 Å². The zero-order valence-electron chi connectivity index (χ0n) is 15.7. The highest BCUT2D eigenvalue weighted by Crippen LogP contribution is 2.27. The summed E-state index contributed by atoms with van der Waals surface area (Å²) < 4.78 is 6.06. The van der Waals surface area contributed by atoms with Crippen LogP contribution in [0, 0.1) is 17.8 Å². The third kappa shape index (κ3) is 6.90. The first-order valence-corrected chi connectivity index (χ1v) is 9.15. The summed E-state index contributed by atoms with van der Waals surface area (Å²) in [4.78, 5) is 0. The largest absolute Gasteiger partial charge is 0.396 e. The number of hydrogen-bond acceptors (Lipinski definition) is 4. The van der Waals surface area contributed by atoms with Crippen molar-refractivity contribution in [3.8, 4) is 0 Å². The van der Waals surface area contributed by atoms with Gasteiger partial charge in [-0.2, -0.15) is 0 Å². The van der Waals surface area contributed by atoms with Crippen LogP contribution in [0.5, 0.6) is 0 Å². The molecule has 25 heavy (non-hydrogen) atoms. The molecule has 0 unspecified atom stereocenters. The lowest BCUT2D eigenvalue weighted by Crippen LogP contribution is -2.43. The Morgan fingerprint density at radius 3 is 2.28 bits per heavy atom. The first-order chi connectivity index (χ1) is 11.9. The van der Waals surface area contributed by atoms with Crippen molar-refractivity contribution in [2.75, 3.05) is 6.61 Å². The predicted molar refractivity (Wildman–Crippen MR) is 101 cm³/mol. The molecule has 1 aromatic rings. The van der Waals surface area contributed by atoms with E-state index in [0.717, 1.165) is 5.56 Å². The van der Waals surface area contributed by atoms with Crippen LogP contribution in [0.3, 0.4) is 0 Å². The second-order valence-corrected chi connectivity index (χ2v) is 7.06. The van der Waals surface area contributed by atoms with Gasteiger partial charge >= 0.3 is 0 Å². The van der Waals surface area contributed by atoms with Gasteiger partial charge in [-0.25, -0.2) is 0 Å². The van der Waals surface area contributed by atoms with Crippen LogP contribution in [0.1, 0.15) is 39.2 Å². The Balaban J connectivity index is 2.74. The summed E-state index contributed by atoms with van der Waals surface area (Å²) in [5.41, 5.74) is 1.05. The number of hydrogen-bond donors (Lipinski definition) is 3. The van der Waals surface area contributed by atoms with E-state index in [0.29, 0.717) is 19.4 Å². The van der Waals surface area contributed by atoms with Crippen LogP contribution in [0.15, 0.2) is 43.0 Å². The first kappa shape index (κ1) is 21.8. The molecular formula is C21H34O4. The summed E-state index contributed by atoms with van der Waals surface area (Å²) in [5.74, 6) is -0.589. The quantitative estimate of drug-likeness (QED) is 0.507. The molecule has 0 aliphatic rings. The van der Waals surface area contributed by atoms with Crippen LogP contribution in [-0.2, 0) is 11.3 Å². The minimum atomic E-state index is -0.713. The molecule has 4 heteroatoms. The molecule has 0 aliphatic carbocycles. The van der Waals surface area contributed by atoms with Gasteiger partial charge in [-0.05, 0) is 18.4 Å². The maximum atomic E-state index is 10.7. The van der Waals surface area contributed by atoms with Crippen molar-refractivity contribution in [1.29, 1.82) is 0 Å². The summed E-state index contributed by atoms with van der Waals surface area (Å²) in [5, 5.41) is 30.6. The normalized spacial score (nSPS) is 18.8. The van der Waals surface area contributed by atoms with Crippen LogP contribution >= 0.6 is 0 Å². The molecule has 0 radical (unpaired) electrons. The molecule has 1 aromatic carbocycles. The van der Waals surface area contributed by atoms with E-state index in [2.05, 4.69) is 6.58 Å². The second-order valence-electron chi connectivity index (χ2n) is 7.06. The monoisotopic (exact) mass is 350 g/mol. The fourth-order valence-electron chi connectivity index (χ4n) is 3.16. The smallest absolute Gasteiger partial charge is 0.0720 e. The number of aliphatic hydroxyl groups is 3. The Morgan fingerprint density at radius 2 is 1.72 bits per heavy atom. The number of benzene rings is 1. The number of aliphatic hydroxyl groups excluding tert-OH is 3. The molecule has 0 aliphatic heterocycles. The Hall–Kier alpha value is -1.20. The van der Waals surface area contributed by atoms with Gasteiger partial charge in [-0.3, -0.25) is 0 Å². The third-order valence-corrected chi connectivity index (χ3v) is 5.00. The van der Waals surface area contributed by atoms with Gasteiger partial charge in [0.1, 0.15) is 0 Å². The van der Waals surface area contributed by atoms with Gasteiger partial charge in [0.2, 0.25) is 0 Å². The molecule has 0 fully saturated rings. The van der Waals surface area contributed by atoms with Crippen molar-refractivity contribution in [2.45, 2.75) is 58.5 Å². The lowest BCUT2D eigenvalue weighted by atomic mass is 9.81. The molecule has 3 N–H and O–H groups in total. The minimum Gasteiger partial charge on any atom is -0.396 e. The number of rotatable bonds is 12. The molecule has 0 heterocycles. The maximum absolute atomic E-state index is 10.7. The average Bonchev–Trinajstić information content (AvgIpc) is 2.65. The summed E-state index contributed by atoms with van der Waals surface area (Å²) in [6.45, 7) is 9.78. The molecule has 6 atom stereocenters. The molecule has 1 rings (SSSR count). The van der Waals surface area contributed by atoms with Crippen molar-refractivity contribution in [2.24, 2.45) is 17.8 Å². The van der Waals surface area contributed by atoms with Crippen LogP contribution in [-0.4, -0.2) is 40.2 Å². The predicted octanol–water partition coefficient (Wildman–Crippen LogP) is 3.16. The Bertz CT molecular complexity index is 476. The van der Waals surface area contributed by atoms with Crippen molar-refractivity contribution in [1.82, 2.24) is 0 Å². The highest BCUT2D eigenvalue weighted by molar-refractivity contribution is 5.13. The van der Waals surface area contributed by atoms with Crippen molar-refractivity contribution < 1.29 is 20.1 Å². The van der Waals surface area contributed by atoms with Gasteiger partial charge in [-0.15, -0.1) is 6.58 Å². The summed E-state index contributed by atoms with van der Waals surface area (Å²) in [6, 6.07) is 9.85. The van der Waals surface area contributed by atoms with Gasteiger partial charge in [0, 0.05) is 24.4 Å². The number of ether oxygens (including phenoxy) is 1. The maximum Gasteiger partial charge on any atom is 0.0720 e. The van der Waals surface area contributed by atoms with E-state index in [1.165, 1.54) is 0 Å². The molecule has 142 valence electrons. The summed E-state index contributed by atoms with van der Waals surface area (Å²) in [7, 11) is 0. The Kier molecular flexibility index (Phi) is 9.98. The molecule has 0 aromatic heterocycles. The Morgan fingerprint density at radius 1 is 1.08 bits per heavy atom. The topological polar surface area (TPSA) is 69.9 Å². The fraction of sp³-hybridized carbons (Fsp3) is 0.619.